The standard InChI is InChI=1S/C21H48N2O/c1-10-12-13-14-15-16-17-18-20(11-2)24-19(3)21(22(4,5)6)23(7,8)9/h19-21H,10-18H2,1-9H3/q+2. The molecular formula is C21H48N2O+2. The Hall–Kier alpha value is -0.120. The van der Waals surface area contributed by atoms with E-state index in [9.17, 15) is 0 Å². The molecule has 0 aromatic rings. The van der Waals surface area contributed by atoms with E-state index in [1.165, 1.54) is 51.4 Å². The van der Waals surface area contributed by atoms with Crippen molar-refractivity contribution in [1.82, 2.24) is 0 Å². The SMILES string of the molecule is CCCCCCCCCC(CC)OC(C)C([N+](C)(C)C)[N+](C)(C)C. The second-order valence-corrected chi connectivity index (χ2v) is 9.43. The van der Waals surface area contributed by atoms with Gasteiger partial charge in [-0.05, 0) is 19.8 Å². The predicted octanol–water partition coefficient (Wildman–Crippen LogP) is 5.05. The maximum Gasteiger partial charge on any atom is 0.241 e. The Kier molecular flexibility index (Phi) is 11.4. The molecule has 2 unspecified atom stereocenters. The molecule has 0 spiro atoms. The Balaban J connectivity index is 4.33. The molecule has 146 valence electrons. The van der Waals surface area contributed by atoms with Crippen LogP contribution in [0, 0.1) is 0 Å². The van der Waals surface area contributed by atoms with Crippen LogP contribution in [0.25, 0.3) is 0 Å². The van der Waals surface area contributed by atoms with E-state index < -0.39 is 0 Å². The quantitative estimate of drug-likeness (QED) is 0.243. The molecule has 0 fully saturated rings. The van der Waals surface area contributed by atoms with E-state index in [1.807, 2.05) is 0 Å². The molecule has 0 saturated heterocycles. The van der Waals surface area contributed by atoms with Gasteiger partial charge in [-0.15, -0.1) is 0 Å². The van der Waals surface area contributed by atoms with Crippen LogP contribution in [0.1, 0.15) is 78.6 Å². The van der Waals surface area contributed by atoms with Crippen molar-refractivity contribution < 1.29 is 13.7 Å². The largest absolute Gasteiger partial charge is 0.362 e. The molecule has 0 aliphatic rings. The first-order valence-corrected chi connectivity index (χ1v) is 10.3. The minimum absolute atomic E-state index is 0.263. The molecule has 3 heteroatoms. The maximum absolute atomic E-state index is 6.53. The lowest BCUT2D eigenvalue weighted by molar-refractivity contribution is -1.09. The van der Waals surface area contributed by atoms with Gasteiger partial charge < -0.3 is 4.74 Å². The Morgan fingerprint density at radius 1 is 0.708 bits per heavy atom. The summed E-state index contributed by atoms with van der Waals surface area (Å²) in [6.45, 7) is 6.82. The third-order valence-corrected chi connectivity index (χ3v) is 5.00. The summed E-state index contributed by atoms with van der Waals surface area (Å²) < 4.78 is 8.39. The van der Waals surface area contributed by atoms with Gasteiger partial charge in [0, 0.05) is 0 Å². The van der Waals surface area contributed by atoms with Crippen molar-refractivity contribution in [1.29, 1.82) is 0 Å². The summed E-state index contributed by atoms with van der Waals surface area (Å²) >= 11 is 0. The predicted molar refractivity (Wildman–Crippen MR) is 107 cm³/mol. The molecule has 3 nitrogen and oxygen atoms in total. The molecule has 0 rings (SSSR count). The monoisotopic (exact) mass is 344 g/mol. The van der Waals surface area contributed by atoms with Crippen molar-refractivity contribution in [3.63, 3.8) is 0 Å². The van der Waals surface area contributed by atoms with Crippen molar-refractivity contribution in [2.45, 2.75) is 96.9 Å². The maximum atomic E-state index is 6.53. The Morgan fingerprint density at radius 2 is 1.17 bits per heavy atom. The van der Waals surface area contributed by atoms with E-state index in [2.05, 4.69) is 63.1 Å². The Labute approximate surface area is 153 Å². The van der Waals surface area contributed by atoms with Crippen LogP contribution in [-0.2, 0) is 4.74 Å². The molecule has 0 bridgehead atoms. The van der Waals surface area contributed by atoms with E-state index in [0.29, 0.717) is 12.3 Å². The van der Waals surface area contributed by atoms with E-state index >= 15 is 0 Å². The summed E-state index contributed by atoms with van der Waals surface area (Å²) in [7, 11) is 13.7. The van der Waals surface area contributed by atoms with Gasteiger partial charge >= 0.3 is 0 Å². The van der Waals surface area contributed by atoms with Crippen molar-refractivity contribution in [3.8, 4) is 0 Å². The number of hydrogen-bond donors (Lipinski definition) is 0. The van der Waals surface area contributed by atoms with Crippen molar-refractivity contribution >= 4 is 0 Å². The first-order valence-electron chi connectivity index (χ1n) is 10.3. The zero-order chi connectivity index (χ0) is 18.8. The molecule has 0 amide bonds. The van der Waals surface area contributed by atoms with E-state index in [4.69, 9.17) is 4.74 Å². The Bertz CT molecular complexity index is 290. The highest BCUT2D eigenvalue weighted by atomic mass is 16.5. The van der Waals surface area contributed by atoms with Crippen LogP contribution in [0.4, 0.5) is 0 Å². The zero-order valence-electron chi connectivity index (χ0n) is 18.4. The fraction of sp³-hybridized carbons (Fsp3) is 1.00. The van der Waals surface area contributed by atoms with Gasteiger partial charge in [0.05, 0.1) is 48.4 Å². The molecule has 24 heavy (non-hydrogen) atoms. The van der Waals surface area contributed by atoms with Gasteiger partial charge in [0.1, 0.15) is 0 Å². The number of nitrogens with zero attached hydrogens (tertiary/aromatic N) is 2. The van der Waals surface area contributed by atoms with Crippen LogP contribution < -0.4 is 0 Å². The number of hydrogen-bond acceptors (Lipinski definition) is 1. The minimum atomic E-state index is 0.263. The van der Waals surface area contributed by atoms with Gasteiger partial charge in [-0.25, -0.2) is 0 Å². The summed E-state index contributed by atoms with van der Waals surface area (Å²) in [5, 5.41) is 0. The first-order chi connectivity index (χ1) is 11.0. The van der Waals surface area contributed by atoms with E-state index in [-0.39, 0.29) is 6.10 Å². The molecule has 0 heterocycles. The van der Waals surface area contributed by atoms with Crippen LogP contribution in [0.2, 0.25) is 0 Å². The van der Waals surface area contributed by atoms with Gasteiger partial charge in [-0.1, -0.05) is 58.8 Å². The van der Waals surface area contributed by atoms with Gasteiger partial charge in [-0.3, -0.25) is 8.97 Å². The summed E-state index contributed by atoms with van der Waals surface area (Å²) in [5.74, 6) is 0. The molecular weight excluding hydrogens is 296 g/mol. The van der Waals surface area contributed by atoms with E-state index in [1.54, 1.807) is 0 Å². The lowest BCUT2D eigenvalue weighted by Gasteiger charge is -2.45. The second kappa shape index (κ2) is 11.5. The highest BCUT2D eigenvalue weighted by Gasteiger charge is 2.42. The molecule has 0 aromatic carbocycles. The molecule has 2 atom stereocenters. The van der Waals surface area contributed by atoms with Crippen LogP contribution in [0.15, 0.2) is 0 Å². The molecule has 0 saturated carbocycles. The average molecular weight is 345 g/mol. The summed E-state index contributed by atoms with van der Waals surface area (Å²) in [4.78, 5) is 0. The van der Waals surface area contributed by atoms with Gasteiger partial charge in [0.2, 0.25) is 6.17 Å². The molecule has 0 aliphatic heterocycles. The lowest BCUT2D eigenvalue weighted by atomic mass is 10.0. The van der Waals surface area contributed by atoms with Gasteiger partial charge in [-0.2, -0.15) is 0 Å². The second-order valence-electron chi connectivity index (χ2n) is 9.43. The van der Waals surface area contributed by atoms with Crippen LogP contribution in [0.5, 0.6) is 0 Å². The number of likely N-dealkylation sites (N-methyl/N-ethyl adjacent to an activating group) is 2. The summed E-state index contributed by atoms with van der Waals surface area (Å²) in [6, 6.07) is 0. The number of ether oxygens (including phenoxy) is 1. The van der Waals surface area contributed by atoms with Crippen LogP contribution >= 0.6 is 0 Å². The summed E-state index contributed by atoms with van der Waals surface area (Å²) in [6.07, 6.45) is 13.1. The molecule has 0 aliphatic carbocycles. The fourth-order valence-corrected chi connectivity index (χ4v) is 4.37. The van der Waals surface area contributed by atoms with Crippen LogP contribution in [-0.4, -0.2) is 69.6 Å². The van der Waals surface area contributed by atoms with Gasteiger partial charge in [0.25, 0.3) is 0 Å². The third-order valence-electron chi connectivity index (χ3n) is 5.00. The fourth-order valence-electron chi connectivity index (χ4n) is 4.37. The van der Waals surface area contributed by atoms with Crippen molar-refractivity contribution in [2.75, 3.05) is 42.3 Å². The zero-order valence-corrected chi connectivity index (χ0v) is 18.4. The molecule has 0 aromatic heterocycles. The first kappa shape index (κ1) is 23.9. The Morgan fingerprint density at radius 3 is 1.58 bits per heavy atom. The number of rotatable bonds is 14. The van der Waals surface area contributed by atoms with Crippen molar-refractivity contribution in [2.24, 2.45) is 0 Å². The highest BCUT2D eigenvalue weighted by Crippen LogP contribution is 2.22. The highest BCUT2D eigenvalue weighted by molar-refractivity contribution is 4.63. The third kappa shape index (κ3) is 10.0. The van der Waals surface area contributed by atoms with Crippen LogP contribution in [0.3, 0.4) is 0 Å². The number of quaternary nitrogens is 2. The smallest absolute Gasteiger partial charge is 0.241 e. The summed E-state index contributed by atoms with van der Waals surface area (Å²) in [5.41, 5.74) is 0. The molecule has 0 radical (unpaired) electrons. The lowest BCUT2D eigenvalue weighted by Crippen LogP contribution is -2.66. The molecule has 0 N–H and O–H groups in total. The average Bonchev–Trinajstić information content (AvgIpc) is 2.41. The van der Waals surface area contributed by atoms with E-state index in [0.717, 1.165) is 15.4 Å². The minimum Gasteiger partial charge on any atom is -0.362 e. The van der Waals surface area contributed by atoms with Gasteiger partial charge in [0.15, 0.2) is 6.10 Å². The normalized spacial score (nSPS) is 15.8. The number of unbranched alkanes of at least 4 members (excludes halogenated alkanes) is 6. The van der Waals surface area contributed by atoms with Crippen molar-refractivity contribution in [3.05, 3.63) is 0 Å². The topological polar surface area (TPSA) is 9.23 Å².